The molecule has 2 aromatic rings. The van der Waals surface area contributed by atoms with Crippen LogP contribution < -0.4 is 5.56 Å². The molecule has 2 rings (SSSR count). The van der Waals surface area contributed by atoms with E-state index in [0.29, 0.717) is 0 Å². The Morgan fingerprint density at radius 2 is 1.88 bits per heavy atom. The van der Waals surface area contributed by atoms with Gasteiger partial charge < -0.3 is 0 Å². The lowest BCUT2D eigenvalue weighted by molar-refractivity contribution is 0.585. The largest absolute Gasteiger partial charge is 0.299 e. The molecular weight excluding hydrogens is 212 g/mol. The van der Waals surface area contributed by atoms with Crippen molar-refractivity contribution < 1.29 is 0 Å². The molecule has 3 nitrogen and oxygen atoms in total. The number of aromatic nitrogens is 2. The van der Waals surface area contributed by atoms with Gasteiger partial charge in [-0.15, -0.1) is 0 Å². The average Bonchev–Trinajstić information content (AvgIpc) is 2.38. The molecular formula is C14H16N2O. The van der Waals surface area contributed by atoms with Gasteiger partial charge in [0.1, 0.15) is 0 Å². The number of benzene rings is 1. The Morgan fingerprint density at radius 3 is 2.65 bits per heavy atom. The van der Waals surface area contributed by atoms with Crippen molar-refractivity contribution in [3.05, 3.63) is 64.8 Å². The van der Waals surface area contributed by atoms with Gasteiger partial charge in [0.15, 0.2) is 0 Å². The molecule has 88 valence electrons. The highest BCUT2D eigenvalue weighted by atomic mass is 16.1. The number of nitrogens with zero attached hydrogens (tertiary/aromatic N) is 2. The van der Waals surface area contributed by atoms with Crippen LogP contribution in [0.5, 0.6) is 0 Å². The minimum atomic E-state index is 0.0275. The molecule has 1 aromatic heterocycles. The van der Waals surface area contributed by atoms with Crippen molar-refractivity contribution in [3.63, 3.8) is 0 Å². The molecule has 0 N–H and O–H groups in total. The zero-order valence-electron chi connectivity index (χ0n) is 9.75. The van der Waals surface area contributed by atoms with Gasteiger partial charge >= 0.3 is 0 Å². The summed E-state index contributed by atoms with van der Waals surface area (Å²) in [5, 5.41) is 0. The van der Waals surface area contributed by atoms with Crippen molar-refractivity contribution in [1.82, 2.24) is 9.55 Å². The zero-order chi connectivity index (χ0) is 11.9. The maximum absolute atomic E-state index is 11.4. The fraction of sp³-hybridized carbons (Fsp3) is 0.286. The summed E-state index contributed by atoms with van der Waals surface area (Å²) >= 11 is 0. The van der Waals surface area contributed by atoms with Gasteiger partial charge in [-0.25, -0.2) is 4.98 Å². The highest BCUT2D eigenvalue weighted by Crippen LogP contribution is 2.04. The Kier molecular flexibility index (Phi) is 4.08. The number of rotatable bonds is 5. The van der Waals surface area contributed by atoms with Gasteiger partial charge in [0.05, 0.1) is 6.33 Å². The molecule has 3 heteroatoms. The number of aryl methyl sites for hydroxylation is 2. The van der Waals surface area contributed by atoms with E-state index >= 15 is 0 Å². The second-order valence-corrected chi connectivity index (χ2v) is 4.05. The van der Waals surface area contributed by atoms with Crippen molar-refractivity contribution >= 4 is 0 Å². The molecule has 0 bridgehead atoms. The second-order valence-electron chi connectivity index (χ2n) is 4.05. The molecule has 0 unspecified atom stereocenters. The second kappa shape index (κ2) is 5.99. The summed E-state index contributed by atoms with van der Waals surface area (Å²) in [5.74, 6) is 0. The van der Waals surface area contributed by atoms with E-state index in [0.717, 1.165) is 25.8 Å². The molecule has 0 spiro atoms. The molecule has 0 atom stereocenters. The highest BCUT2D eigenvalue weighted by molar-refractivity contribution is 5.14. The molecule has 0 aliphatic heterocycles. The standard InChI is InChI=1S/C14H16N2O/c17-14-9-10-15-12-16(14)11-5-4-8-13-6-2-1-3-7-13/h1-3,6-7,9-10,12H,4-5,8,11H2. The summed E-state index contributed by atoms with van der Waals surface area (Å²) < 4.78 is 1.66. The third kappa shape index (κ3) is 3.55. The van der Waals surface area contributed by atoms with E-state index in [1.807, 2.05) is 6.07 Å². The number of hydrogen-bond acceptors (Lipinski definition) is 2. The molecule has 1 aromatic carbocycles. The van der Waals surface area contributed by atoms with E-state index in [4.69, 9.17) is 0 Å². The van der Waals surface area contributed by atoms with E-state index < -0.39 is 0 Å². The van der Waals surface area contributed by atoms with Crippen molar-refractivity contribution in [2.75, 3.05) is 0 Å². The molecule has 0 aliphatic rings. The third-order valence-corrected chi connectivity index (χ3v) is 2.75. The summed E-state index contributed by atoms with van der Waals surface area (Å²) in [6, 6.07) is 11.9. The first-order valence-corrected chi connectivity index (χ1v) is 5.90. The van der Waals surface area contributed by atoms with Crippen LogP contribution in [-0.2, 0) is 13.0 Å². The third-order valence-electron chi connectivity index (χ3n) is 2.75. The first-order chi connectivity index (χ1) is 8.36. The van der Waals surface area contributed by atoms with Gasteiger partial charge in [0.25, 0.3) is 5.56 Å². The fourth-order valence-electron chi connectivity index (χ4n) is 1.80. The minimum absolute atomic E-state index is 0.0275. The normalized spacial score (nSPS) is 10.4. The van der Waals surface area contributed by atoms with Crippen LogP contribution in [0.1, 0.15) is 18.4 Å². The SMILES string of the molecule is O=c1ccncn1CCCCc1ccccc1. The van der Waals surface area contributed by atoms with E-state index in [9.17, 15) is 4.79 Å². The minimum Gasteiger partial charge on any atom is -0.299 e. The Morgan fingerprint density at radius 1 is 1.06 bits per heavy atom. The lowest BCUT2D eigenvalue weighted by Gasteiger charge is -2.04. The van der Waals surface area contributed by atoms with E-state index in [2.05, 4.69) is 29.2 Å². The van der Waals surface area contributed by atoms with Crippen molar-refractivity contribution in [3.8, 4) is 0 Å². The first-order valence-electron chi connectivity index (χ1n) is 5.90. The van der Waals surface area contributed by atoms with Gasteiger partial charge in [0.2, 0.25) is 0 Å². The lowest BCUT2D eigenvalue weighted by Crippen LogP contribution is -2.18. The summed E-state index contributed by atoms with van der Waals surface area (Å²) in [5.41, 5.74) is 1.38. The summed E-state index contributed by atoms with van der Waals surface area (Å²) in [4.78, 5) is 15.4. The van der Waals surface area contributed by atoms with Crippen molar-refractivity contribution in [2.24, 2.45) is 0 Å². The van der Waals surface area contributed by atoms with Crippen LogP contribution in [0.4, 0.5) is 0 Å². The summed E-state index contributed by atoms with van der Waals surface area (Å²) in [7, 11) is 0. The van der Waals surface area contributed by atoms with Crippen LogP contribution in [0, 0.1) is 0 Å². The van der Waals surface area contributed by atoms with Crippen molar-refractivity contribution in [2.45, 2.75) is 25.8 Å². The number of hydrogen-bond donors (Lipinski definition) is 0. The Bertz CT molecular complexity index is 505. The van der Waals surface area contributed by atoms with E-state index in [1.165, 1.54) is 17.8 Å². The molecule has 1 heterocycles. The van der Waals surface area contributed by atoms with Gasteiger partial charge in [0, 0.05) is 18.8 Å². The van der Waals surface area contributed by atoms with E-state index in [1.54, 1.807) is 10.9 Å². The Balaban J connectivity index is 1.78. The molecule has 0 saturated heterocycles. The Labute approximate surface area is 101 Å². The van der Waals surface area contributed by atoms with Crippen molar-refractivity contribution in [1.29, 1.82) is 0 Å². The van der Waals surface area contributed by atoms with Gasteiger partial charge in [-0.2, -0.15) is 0 Å². The van der Waals surface area contributed by atoms with Crippen LogP contribution in [0.2, 0.25) is 0 Å². The van der Waals surface area contributed by atoms with Crippen LogP contribution in [0.3, 0.4) is 0 Å². The van der Waals surface area contributed by atoms with Crippen LogP contribution in [0.25, 0.3) is 0 Å². The topological polar surface area (TPSA) is 34.9 Å². The van der Waals surface area contributed by atoms with Crippen LogP contribution in [0.15, 0.2) is 53.7 Å². The highest BCUT2D eigenvalue weighted by Gasteiger charge is 1.95. The molecule has 0 aliphatic carbocycles. The fourth-order valence-corrected chi connectivity index (χ4v) is 1.80. The predicted octanol–water partition coefficient (Wildman–Crippen LogP) is 2.27. The smallest absolute Gasteiger partial charge is 0.253 e. The zero-order valence-corrected chi connectivity index (χ0v) is 9.75. The van der Waals surface area contributed by atoms with Gasteiger partial charge in [-0.1, -0.05) is 30.3 Å². The maximum atomic E-state index is 11.4. The van der Waals surface area contributed by atoms with Gasteiger partial charge in [-0.3, -0.25) is 9.36 Å². The molecule has 0 amide bonds. The maximum Gasteiger partial charge on any atom is 0.253 e. The average molecular weight is 228 g/mol. The first kappa shape index (κ1) is 11.6. The van der Waals surface area contributed by atoms with Crippen LogP contribution in [-0.4, -0.2) is 9.55 Å². The summed E-state index contributed by atoms with van der Waals surface area (Å²) in [6.45, 7) is 0.750. The van der Waals surface area contributed by atoms with E-state index in [-0.39, 0.29) is 5.56 Å². The molecule has 17 heavy (non-hydrogen) atoms. The Hall–Kier alpha value is -1.90. The van der Waals surface area contributed by atoms with Crippen LogP contribution >= 0.6 is 0 Å². The molecule has 0 radical (unpaired) electrons. The predicted molar refractivity (Wildman–Crippen MR) is 67.9 cm³/mol. The molecule has 0 saturated carbocycles. The quantitative estimate of drug-likeness (QED) is 0.736. The monoisotopic (exact) mass is 228 g/mol. The van der Waals surface area contributed by atoms with Gasteiger partial charge in [-0.05, 0) is 24.8 Å². The summed E-state index contributed by atoms with van der Waals surface area (Å²) in [6.07, 6.45) is 6.29. The lowest BCUT2D eigenvalue weighted by atomic mass is 10.1. The molecule has 0 fully saturated rings. The number of unbranched alkanes of at least 4 members (excludes halogenated alkanes) is 1.